The van der Waals surface area contributed by atoms with Crippen LogP contribution in [0.25, 0.3) is 0 Å². The largest absolute Gasteiger partial charge is 0.340 e. The lowest BCUT2D eigenvalue weighted by atomic mass is 10.0. The molecule has 0 saturated heterocycles. The number of anilines is 1. The number of pyridine rings is 1. The summed E-state index contributed by atoms with van der Waals surface area (Å²) < 4.78 is 1.86. The second kappa shape index (κ2) is 10.6. The molecular formula is C25H23N5O2S. The maximum absolute atomic E-state index is 13.0. The van der Waals surface area contributed by atoms with Crippen molar-refractivity contribution in [2.45, 2.75) is 11.2 Å². The maximum atomic E-state index is 13.0. The Bertz CT molecular complexity index is 1170. The highest BCUT2D eigenvalue weighted by atomic mass is 32.2. The van der Waals surface area contributed by atoms with E-state index in [2.05, 4.69) is 20.6 Å². The van der Waals surface area contributed by atoms with Crippen LogP contribution in [0.1, 0.15) is 27.7 Å². The van der Waals surface area contributed by atoms with Crippen LogP contribution >= 0.6 is 11.8 Å². The van der Waals surface area contributed by atoms with E-state index in [-0.39, 0.29) is 23.6 Å². The van der Waals surface area contributed by atoms with Gasteiger partial charge in [-0.2, -0.15) is 0 Å². The molecule has 2 aromatic heterocycles. The molecule has 2 aromatic carbocycles. The highest BCUT2D eigenvalue weighted by molar-refractivity contribution is 7.99. The van der Waals surface area contributed by atoms with E-state index >= 15 is 0 Å². The van der Waals surface area contributed by atoms with Crippen LogP contribution in [0.4, 0.5) is 5.69 Å². The van der Waals surface area contributed by atoms with Crippen molar-refractivity contribution < 1.29 is 9.59 Å². The fourth-order valence-corrected chi connectivity index (χ4v) is 3.99. The Morgan fingerprint density at radius 2 is 1.70 bits per heavy atom. The van der Waals surface area contributed by atoms with Crippen molar-refractivity contribution in [1.82, 2.24) is 19.9 Å². The maximum Gasteiger partial charge on any atom is 0.252 e. The van der Waals surface area contributed by atoms with Gasteiger partial charge in [0.2, 0.25) is 5.91 Å². The van der Waals surface area contributed by atoms with Gasteiger partial charge in [-0.25, -0.2) is 4.98 Å². The van der Waals surface area contributed by atoms with Gasteiger partial charge in [0.1, 0.15) is 0 Å². The number of aromatic nitrogens is 3. The van der Waals surface area contributed by atoms with Crippen molar-refractivity contribution in [1.29, 1.82) is 0 Å². The summed E-state index contributed by atoms with van der Waals surface area (Å²) in [6, 6.07) is 21.8. The van der Waals surface area contributed by atoms with E-state index in [0.717, 1.165) is 16.4 Å². The first-order valence-corrected chi connectivity index (χ1v) is 11.4. The number of aryl methyl sites for hydroxylation is 1. The minimum atomic E-state index is -0.373. The molecule has 1 atom stereocenters. The molecule has 33 heavy (non-hydrogen) atoms. The lowest BCUT2D eigenvalue weighted by Crippen LogP contribution is -2.29. The van der Waals surface area contributed by atoms with E-state index < -0.39 is 0 Å². The highest BCUT2D eigenvalue weighted by Crippen LogP contribution is 2.21. The predicted octanol–water partition coefficient (Wildman–Crippen LogP) is 4.07. The number of nitrogens with one attached hydrogen (secondary N) is 2. The van der Waals surface area contributed by atoms with Crippen molar-refractivity contribution in [3.63, 3.8) is 0 Å². The zero-order valence-electron chi connectivity index (χ0n) is 18.0. The molecule has 0 aliphatic heterocycles. The third kappa shape index (κ3) is 5.87. The van der Waals surface area contributed by atoms with E-state index in [9.17, 15) is 9.59 Å². The third-order valence-corrected chi connectivity index (χ3v) is 5.99. The van der Waals surface area contributed by atoms with Crippen molar-refractivity contribution in [2.75, 3.05) is 11.1 Å². The number of carbonyl (C=O) groups excluding carboxylic acids is 2. The molecule has 4 aromatic rings. The van der Waals surface area contributed by atoms with Crippen LogP contribution in [0.5, 0.6) is 0 Å². The average molecular weight is 458 g/mol. The standard InChI is InChI=1S/C25H23N5O2S/c1-30-16-15-27-25(30)33-17-22(31)28-20-12-10-19(11-13-20)24(32)29-23(18-7-3-2-4-8-18)21-9-5-6-14-26-21/h2-16,23H,17H2,1H3,(H,28,31)(H,29,32). The smallest absolute Gasteiger partial charge is 0.252 e. The number of benzene rings is 2. The van der Waals surface area contributed by atoms with Gasteiger partial charge in [-0.15, -0.1) is 0 Å². The molecule has 0 fully saturated rings. The molecule has 0 aliphatic carbocycles. The fourth-order valence-electron chi connectivity index (χ4n) is 3.26. The number of rotatable bonds is 8. The second-order valence-corrected chi connectivity index (χ2v) is 8.25. The molecule has 0 spiro atoms. The summed E-state index contributed by atoms with van der Waals surface area (Å²) in [6.45, 7) is 0. The van der Waals surface area contributed by atoms with Crippen molar-refractivity contribution in [3.05, 3.63) is 108 Å². The van der Waals surface area contributed by atoms with Gasteiger partial charge in [0.05, 0.1) is 17.5 Å². The van der Waals surface area contributed by atoms with Gasteiger partial charge >= 0.3 is 0 Å². The quantitative estimate of drug-likeness (QED) is 0.390. The van der Waals surface area contributed by atoms with Gasteiger partial charge < -0.3 is 15.2 Å². The van der Waals surface area contributed by atoms with E-state index in [1.807, 2.05) is 66.3 Å². The molecule has 1 unspecified atom stereocenters. The van der Waals surface area contributed by atoms with Gasteiger partial charge in [-0.1, -0.05) is 48.2 Å². The van der Waals surface area contributed by atoms with Crippen LogP contribution in [0, 0.1) is 0 Å². The lowest BCUT2D eigenvalue weighted by molar-refractivity contribution is -0.113. The lowest BCUT2D eigenvalue weighted by Gasteiger charge is -2.19. The van der Waals surface area contributed by atoms with Crippen LogP contribution in [0.2, 0.25) is 0 Å². The van der Waals surface area contributed by atoms with Crippen molar-refractivity contribution in [2.24, 2.45) is 7.05 Å². The molecule has 2 N–H and O–H groups in total. The number of hydrogen-bond acceptors (Lipinski definition) is 5. The van der Waals surface area contributed by atoms with Gasteiger partial charge in [-0.05, 0) is 42.0 Å². The SMILES string of the molecule is Cn1ccnc1SCC(=O)Nc1ccc(C(=O)NC(c2ccccc2)c2ccccn2)cc1. The van der Waals surface area contributed by atoms with Crippen molar-refractivity contribution in [3.8, 4) is 0 Å². The van der Waals surface area contributed by atoms with Crippen LogP contribution in [0.15, 0.2) is 96.5 Å². The molecule has 4 rings (SSSR count). The summed E-state index contributed by atoms with van der Waals surface area (Å²) in [4.78, 5) is 33.8. The van der Waals surface area contributed by atoms with Gasteiger partial charge in [0, 0.05) is 36.9 Å². The molecule has 166 valence electrons. The Labute approximate surface area is 196 Å². The molecule has 0 saturated carbocycles. The first-order chi connectivity index (χ1) is 16.1. The van der Waals surface area contributed by atoms with Gasteiger partial charge in [-0.3, -0.25) is 14.6 Å². The Morgan fingerprint density at radius 3 is 2.36 bits per heavy atom. The first kappa shape index (κ1) is 22.3. The summed E-state index contributed by atoms with van der Waals surface area (Å²) in [5.74, 6) is -0.118. The molecular weight excluding hydrogens is 434 g/mol. The zero-order chi connectivity index (χ0) is 23.0. The van der Waals surface area contributed by atoms with Gasteiger partial charge in [0.15, 0.2) is 5.16 Å². The number of imidazole rings is 1. The van der Waals surface area contributed by atoms with Gasteiger partial charge in [0.25, 0.3) is 5.91 Å². The minimum Gasteiger partial charge on any atom is -0.340 e. The normalized spacial score (nSPS) is 11.5. The Balaban J connectivity index is 1.40. The highest BCUT2D eigenvalue weighted by Gasteiger charge is 2.19. The molecule has 7 nitrogen and oxygen atoms in total. The Kier molecular flexibility index (Phi) is 7.16. The number of amides is 2. The second-order valence-electron chi connectivity index (χ2n) is 7.31. The first-order valence-electron chi connectivity index (χ1n) is 10.4. The van der Waals surface area contributed by atoms with Crippen molar-refractivity contribution >= 4 is 29.3 Å². The number of carbonyl (C=O) groups is 2. The summed E-state index contributed by atoms with van der Waals surface area (Å²) in [7, 11) is 1.88. The average Bonchev–Trinajstić information content (AvgIpc) is 3.27. The van der Waals surface area contributed by atoms with E-state index in [1.165, 1.54) is 11.8 Å². The van der Waals surface area contributed by atoms with Crippen LogP contribution in [-0.4, -0.2) is 32.1 Å². The molecule has 0 aliphatic rings. The Hall–Kier alpha value is -3.91. The van der Waals surface area contributed by atoms with E-state index in [4.69, 9.17) is 0 Å². The fraction of sp³-hybridized carbons (Fsp3) is 0.120. The van der Waals surface area contributed by atoms with E-state index in [0.29, 0.717) is 11.3 Å². The van der Waals surface area contributed by atoms with Crippen LogP contribution < -0.4 is 10.6 Å². The summed E-state index contributed by atoms with van der Waals surface area (Å²) in [5, 5.41) is 6.69. The molecule has 0 bridgehead atoms. The summed E-state index contributed by atoms with van der Waals surface area (Å²) in [6.07, 6.45) is 5.24. The summed E-state index contributed by atoms with van der Waals surface area (Å²) in [5.41, 5.74) is 2.82. The third-order valence-electron chi connectivity index (χ3n) is 4.93. The number of nitrogens with zero attached hydrogens (tertiary/aromatic N) is 3. The van der Waals surface area contributed by atoms with Crippen LogP contribution in [-0.2, 0) is 11.8 Å². The van der Waals surface area contributed by atoms with E-state index in [1.54, 1.807) is 36.7 Å². The monoisotopic (exact) mass is 457 g/mol. The molecule has 2 amide bonds. The molecule has 8 heteroatoms. The van der Waals surface area contributed by atoms with Crippen LogP contribution in [0.3, 0.4) is 0 Å². The summed E-state index contributed by atoms with van der Waals surface area (Å²) >= 11 is 1.36. The molecule has 0 radical (unpaired) electrons. The predicted molar refractivity (Wildman–Crippen MR) is 129 cm³/mol. The topological polar surface area (TPSA) is 88.9 Å². The minimum absolute atomic E-state index is 0.139. The Morgan fingerprint density at radius 1 is 0.939 bits per heavy atom. The number of thioether (sulfide) groups is 1. The number of hydrogen-bond donors (Lipinski definition) is 2. The zero-order valence-corrected chi connectivity index (χ0v) is 18.8. The molecule has 2 heterocycles.